The van der Waals surface area contributed by atoms with E-state index in [0.29, 0.717) is 30.4 Å². The lowest BCUT2D eigenvalue weighted by Gasteiger charge is -2.34. The van der Waals surface area contributed by atoms with Gasteiger partial charge >= 0.3 is 0 Å². The SMILES string of the molecule is C[C@@H]1[C@H](C)CCC[C@@H]1NC(=O)CSCc1ccc2c(c1)OCO2. The number of ether oxygens (including phenoxy) is 2. The average molecular weight is 335 g/mol. The lowest BCUT2D eigenvalue weighted by atomic mass is 9.78. The van der Waals surface area contributed by atoms with Crippen LogP contribution in [0, 0.1) is 11.8 Å². The van der Waals surface area contributed by atoms with Crippen molar-refractivity contribution in [3.05, 3.63) is 23.8 Å². The summed E-state index contributed by atoms with van der Waals surface area (Å²) in [7, 11) is 0. The van der Waals surface area contributed by atoms with Gasteiger partial charge in [-0.3, -0.25) is 4.79 Å². The van der Waals surface area contributed by atoms with Crippen LogP contribution < -0.4 is 14.8 Å². The normalized spacial score (nSPS) is 26.1. The molecule has 126 valence electrons. The molecule has 1 amide bonds. The molecule has 1 aliphatic carbocycles. The first-order valence-corrected chi connectivity index (χ1v) is 9.54. The van der Waals surface area contributed by atoms with E-state index in [0.717, 1.165) is 29.2 Å². The molecule has 1 fully saturated rings. The zero-order valence-electron chi connectivity index (χ0n) is 13.8. The van der Waals surface area contributed by atoms with Gasteiger partial charge in [0.25, 0.3) is 0 Å². The number of hydrogen-bond donors (Lipinski definition) is 1. The second-order valence-electron chi connectivity index (χ2n) is 6.62. The minimum absolute atomic E-state index is 0.154. The topological polar surface area (TPSA) is 47.6 Å². The van der Waals surface area contributed by atoms with E-state index < -0.39 is 0 Å². The lowest BCUT2D eigenvalue weighted by Crippen LogP contribution is -2.44. The molecular weight excluding hydrogens is 310 g/mol. The van der Waals surface area contributed by atoms with Crippen molar-refractivity contribution in [1.29, 1.82) is 0 Å². The molecule has 2 aliphatic rings. The van der Waals surface area contributed by atoms with Crippen molar-refractivity contribution in [2.24, 2.45) is 11.8 Å². The van der Waals surface area contributed by atoms with Gasteiger partial charge in [0.15, 0.2) is 11.5 Å². The molecular formula is C18H25NO3S. The zero-order valence-corrected chi connectivity index (χ0v) is 14.7. The van der Waals surface area contributed by atoms with E-state index in [4.69, 9.17) is 9.47 Å². The van der Waals surface area contributed by atoms with Crippen LogP contribution in [0.3, 0.4) is 0 Å². The van der Waals surface area contributed by atoms with Crippen LogP contribution in [-0.4, -0.2) is 24.5 Å². The Kier molecular flexibility index (Phi) is 5.36. The van der Waals surface area contributed by atoms with Gasteiger partial charge in [-0.2, -0.15) is 0 Å². The molecule has 4 nitrogen and oxygen atoms in total. The average Bonchev–Trinajstić information content (AvgIpc) is 2.99. The molecule has 23 heavy (non-hydrogen) atoms. The van der Waals surface area contributed by atoms with Crippen LogP contribution in [0.5, 0.6) is 11.5 Å². The molecule has 1 aliphatic heterocycles. The smallest absolute Gasteiger partial charge is 0.231 e. The highest BCUT2D eigenvalue weighted by Gasteiger charge is 2.27. The summed E-state index contributed by atoms with van der Waals surface area (Å²) in [6.07, 6.45) is 3.62. The first-order valence-electron chi connectivity index (χ1n) is 8.39. The second-order valence-corrected chi connectivity index (χ2v) is 7.61. The monoisotopic (exact) mass is 335 g/mol. The highest BCUT2D eigenvalue weighted by molar-refractivity contribution is 7.99. The third-order valence-corrected chi connectivity index (χ3v) is 6.00. The summed E-state index contributed by atoms with van der Waals surface area (Å²) in [5, 5.41) is 3.22. The van der Waals surface area contributed by atoms with E-state index in [2.05, 4.69) is 19.2 Å². The molecule has 1 saturated carbocycles. The molecule has 0 unspecified atom stereocenters. The number of nitrogens with one attached hydrogen (secondary N) is 1. The summed E-state index contributed by atoms with van der Waals surface area (Å²) in [6, 6.07) is 6.31. The van der Waals surface area contributed by atoms with Crippen molar-refractivity contribution >= 4 is 17.7 Å². The van der Waals surface area contributed by atoms with E-state index in [1.54, 1.807) is 11.8 Å². The largest absolute Gasteiger partial charge is 0.454 e. The van der Waals surface area contributed by atoms with Gasteiger partial charge in [0.05, 0.1) is 5.75 Å². The number of carbonyl (C=O) groups excluding carboxylic acids is 1. The quantitative estimate of drug-likeness (QED) is 0.893. The first-order chi connectivity index (χ1) is 11.1. The molecule has 0 saturated heterocycles. The molecule has 3 rings (SSSR count). The molecule has 0 bridgehead atoms. The molecule has 1 aromatic rings. The molecule has 1 N–H and O–H groups in total. The van der Waals surface area contributed by atoms with Gasteiger partial charge in [0, 0.05) is 11.8 Å². The molecule has 0 aromatic heterocycles. The summed E-state index contributed by atoms with van der Waals surface area (Å²) in [6.45, 7) is 4.85. The van der Waals surface area contributed by atoms with Gasteiger partial charge < -0.3 is 14.8 Å². The highest BCUT2D eigenvalue weighted by atomic mass is 32.2. The van der Waals surface area contributed by atoms with Crippen LogP contribution in [-0.2, 0) is 10.5 Å². The molecule has 1 heterocycles. The van der Waals surface area contributed by atoms with Crippen LogP contribution in [0.25, 0.3) is 0 Å². The van der Waals surface area contributed by atoms with Crippen molar-refractivity contribution in [2.45, 2.75) is 44.9 Å². The van der Waals surface area contributed by atoms with E-state index >= 15 is 0 Å². The van der Waals surface area contributed by atoms with Crippen molar-refractivity contribution < 1.29 is 14.3 Å². The summed E-state index contributed by atoms with van der Waals surface area (Å²) >= 11 is 1.64. The predicted molar refractivity (Wildman–Crippen MR) is 92.8 cm³/mol. The van der Waals surface area contributed by atoms with Crippen LogP contribution >= 0.6 is 11.8 Å². The minimum atomic E-state index is 0.154. The number of carbonyl (C=O) groups is 1. The van der Waals surface area contributed by atoms with Crippen molar-refractivity contribution in [1.82, 2.24) is 5.32 Å². The Morgan fingerprint density at radius 3 is 2.96 bits per heavy atom. The van der Waals surface area contributed by atoms with Crippen molar-refractivity contribution in [3.63, 3.8) is 0 Å². The molecule has 0 spiro atoms. The summed E-state index contributed by atoms with van der Waals surface area (Å²) < 4.78 is 10.7. The van der Waals surface area contributed by atoms with Gasteiger partial charge in [-0.05, 0) is 36.0 Å². The summed E-state index contributed by atoms with van der Waals surface area (Å²) in [4.78, 5) is 12.2. The van der Waals surface area contributed by atoms with E-state index in [1.165, 1.54) is 12.8 Å². The van der Waals surface area contributed by atoms with Gasteiger partial charge in [0.2, 0.25) is 12.7 Å². The standard InChI is InChI=1S/C18H25NO3S/c1-12-4-3-5-15(13(12)2)19-18(20)10-23-9-14-6-7-16-17(8-14)22-11-21-16/h6-8,12-13,15H,3-5,9-11H2,1-2H3,(H,19,20)/t12-,13-,15+/m1/s1. The number of amides is 1. The number of thioether (sulfide) groups is 1. The molecule has 1 aromatic carbocycles. The van der Waals surface area contributed by atoms with E-state index in [9.17, 15) is 4.79 Å². The third kappa shape index (κ3) is 4.14. The Hall–Kier alpha value is -1.36. The maximum absolute atomic E-state index is 12.2. The van der Waals surface area contributed by atoms with Gasteiger partial charge in [0.1, 0.15) is 0 Å². The van der Waals surface area contributed by atoms with Gasteiger partial charge in [-0.25, -0.2) is 0 Å². The van der Waals surface area contributed by atoms with Crippen LogP contribution in [0.2, 0.25) is 0 Å². The van der Waals surface area contributed by atoms with E-state index in [-0.39, 0.29) is 5.91 Å². The molecule has 0 radical (unpaired) electrons. The Balaban J connectivity index is 1.42. The molecule has 5 heteroatoms. The van der Waals surface area contributed by atoms with Crippen LogP contribution in [0.1, 0.15) is 38.7 Å². The fraction of sp³-hybridized carbons (Fsp3) is 0.611. The van der Waals surface area contributed by atoms with Gasteiger partial charge in [-0.1, -0.05) is 32.8 Å². The summed E-state index contributed by atoms with van der Waals surface area (Å²) in [5.41, 5.74) is 1.16. The van der Waals surface area contributed by atoms with Gasteiger partial charge in [-0.15, -0.1) is 11.8 Å². The van der Waals surface area contributed by atoms with Crippen LogP contribution in [0.15, 0.2) is 18.2 Å². The Labute approximate surface area is 142 Å². The van der Waals surface area contributed by atoms with Crippen molar-refractivity contribution in [2.75, 3.05) is 12.5 Å². The first kappa shape index (κ1) is 16.5. The number of hydrogen-bond acceptors (Lipinski definition) is 4. The Bertz CT molecular complexity index is 563. The lowest BCUT2D eigenvalue weighted by molar-refractivity contribution is -0.119. The van der Waals surface area contributed by atoms with Crippen LogP contribution in [0.4, 0.5) is 0 Å². The minimum Gasteiger partial charge on any atom is -0.454 e. The van der Waals surface area contributed by atoms with Crippen molar-refractivity contribution in [3.8, 4) is 11.5 Å². The second kappa shape index (κ2) is 7.47. The third-order valence-electron chi connectivity index (χ3n) is 4.99. The van der Waals surface area contributed by atoms with E-state index in [1.807, 2.05) is 18.2 Å². The maximum atomic E-state index is 12.2. The Morgan fingerprint density at radius 2 is 2.09 bits per heavy atom. The predicted octanol–water partition coefficient (Wildman–Crippen LogP) is 3.59. The molecule has 3 atom stereocenters. The fourth-order valence-electron chi connectivity index (χ4n) is 3.33. The maximum Gasteiger partial charge on any atom is 0.231 e. The highest BCUT2D eigenvalue weighted by Crippen LogP contribution is 2.33. The number of fused-ring (bicyclic) bond motifs is 1. The Morgan fingerprint density at radius 1 is 1.26 bits per heavy atom. The summed E-state index contributed by atoms with van der Waals surface area (Å²) in [5.74, 6) is 4.35. The number of benzene rings is 1. The zero-order chi connectivity index (χ0) is 16.2. The number of rotatable bonds is 5. The fourth-order valence-corrected chi connectivity index (χ4v) is 4.11.